The van der Waals surface area contributed by atoms with Crippen LogP contribution in [0.5, 0.6) is 0 Å². The Morgan fingerprint density at radius 3 is 2.56 bits per heavy atom. The molecule has 7 heteroatoms. The number of amides is 1. The molecular weight excluding hydrogens is 258 g/mol. The van der Waals surface area contributed by atoms with Gasteiger partial charge in [0, 0.05) is 7.05 Å². The van der Waals surface area contributed by atoms with Gasteiger partial charge in [-0.2, -0.15) is 5.10 Å². The summed E-state index contributed by atoms with van der Waals surface area (Å²) in [7, 11) is 1.60. The molecule has 0 saturated carbocycles. The number of nitrogens with zero attached hydrogens (tertiary/aromatic N) is 2. The first-order chi connectivity index (χ1) is 8.20. The number of aromatic nitrogens is 2. The van der Waals surface area contributed by atoms with E-state index in [9.17, 15) is 9.59 Å². The normalized spacial score (nSPS) is 11.2. The lowest BCUT2D eigenvalue weighted by Crippen LogP contribution is -2.35. The standard InChI is InChI=1S/C11H16ClN3O3/c1-11(2,3)18-10(17)13-6-8(16)9-7(12)5-14-15(9)4/h5H,6H2,1-4H3,(H,13,17). The molecule has 0 aliphatic rings. The van der Waals surface area contributed by atoms with Crippen molar-refractivity contribution in [1.29, 1.82) is 0 Å². The van der Waals surface area contributed by atoms with E-state index < -0.39 is 11.7 Å². The maximum Gasteiger partial charge on any atom is 0.408 e. The molecule has 1 aromatic heterocycles. The molecule has 1 amide bonds. The van der Waals surface area contributed by atoms with Crippen LogP contribution in [0.25, 0.3) is 0 Å². The van der Waals surface area contributed by atoms with Crippen LogP contribution in [-0.2, 0) is 11.8 Å². The second-order valence-electron chi connectivity index (χ2n) is 4.74. The van der Waals surface area contributed by atoms with Gasteiger partial charge in [0.2, 0.25) is 5.78 Å². The molecule has 0 aliphatic carbocycles. The van der Waals surface area contributed by atoms with Gasteiger partial charge in [-0.25, -0.2) is 4.79 Å². The van der Waals surface area contributed by atoms with Gasteiger partial charge >= 0.3 is 6.09 Å². The Balaban J connectivity index is 2.55. The minimum Gasteiger partial charge on any atom is -0.444 e. The summed E-state index contributed by atoms with van der Waals surface area (Å²) in [6.45, 7) is 5.04. The first kappa shape index (κ1) is 14.5. The van der Waals surface area contributed by atoms with Crippen LogP contribution in [0.3, 0.4) is 0 Å². The van der Waals surface area contributed by atoms with E-state index in [1.165, 1.54) is 10.9 Å². The topological polar surface area (TPSA) is 73.2 Å². The Hall–Kier alpha value is -1.56. The third kappa shape index (κ3) is 4.03. The number of carbonyl (C=O) groups excluding carboxylic acids is 2. The quantitative estimate of drug-likeness (QED) is 0.852. The Bertz CT molecular complexity index is 443. The lowest BCUT2D eigenvalue weighted by atomic mass is 10.2. The first-order valence-electron chi connectivity index (χ1n) is 5.38. The number of ketones is 1. The van der Waals surface area contributed by atoms with Crippen LogP contribution in [-0.4, -0.2) is 33.8 Å². The summed E-state index contributed by atoms with van der Waals surface area (Å²) < 4.78 is 6.37. The smallest absolute Gasteiger partial charge is 0.408 e. The summed E-state index contributed by atoms with van der Waals surface area (Å²) in [6.07, 6.45) is 0.733. The summed E-state index contributed by atoms with van der Waals surface area (Å²) in [5.41, 5.74) is -0.343. The molecular formula is C11H16ClN3O3. The number of Topliss-reactive ketones (excluding diaryl/α,β-unsaturated/α-hetero) is 1. The van der Waals surface area contributed by atoms with Gasteiger partial charge in [0.1, 0.15) is 11.3 Å². The van der Waals surface area contributed by atoms with Gasteiger partial charge in [-0.15, -0.1) is 0 Å². The lowest BCUT2D eigenvalue weighted by molar-refractivity contribution is 0.0520. The zero-order valence-electron chi connectivity index (χ0n) is 10.8. The van der Waals surface area contributed by atoms with Gasteiger partial charge in [0.25, 0.3) is 0 Å². The maximum absolute atomic E-state index is 11.8. The van der Waals surface area contributed by atoms with E-state index in [4.69, 9.17) is 16.3 Å². The van der Waals surface area contributed by atoms with Crippen molar-refractivity contribution in [2.24, 2.45) is 7.05 Å². The summed E-state index contributed by atoms with van der Waals surface area (Å²) in [5, 5.41) is 6.47. The number of hydrogen-bond donors (Lipinski definition) is 1. The second kappa shape index (κ2) is 5.39. The number of rotatable bonds is 3. The zero-order chi connectivity index (χ0) is 13.9. The summed E-state index contributed by atoms with van der Waals surface area (Å²) in [4.78, 5) is 23.2. The van der Waals surface area contributed by atoms with Crippen molar-refractivity contribution in [2.75, 3.05) is 6.54 Å². The van der Waals surface area contributed by atoms with Gasteiger partial charge in [0.05, 0.1) is 17.8 Å². The van der Waals surface area contributed by atoms with Crippen LogP contribution < -0.4 is 5.32 Å². The monoisotopic (exact) mass is 273 g/mol. The Labute approximate surface area is 110 Å². The predicted molar refractivity (Wildman–Crippen MR) is 66.8 cm³/mol. The molecule has 0 bridgehead atoms. The third-order valence-corrected chi connectivity index (χ3v) is 2.23. The number of ether oxygens (including phenoxy) is 1. The number of aryl methyl sites for hydroxylation is 1. The van der Waals surface area contributed by atoms with Crippen LogP contribution in [0.15, 0.2) is 6.20 Å². The molecule has 18 heavy (non-hydrogen) atoms. The van der Waals surface area contributed by atoms with Gasteiger partial charge in [0.15, 0.2) is 0 Å². The maximum atomic E-state index is 11.8. The highest BCUT2D eigenvalue weighted by molar-refractivity contribution is 6.33. The number of nitrogens with one attached hydrogen (secondary N) is 1. The molecule has 0 unspecified atom stereocenters. The molecule has 0 fully saturated rings. The van der Waals surface area contributed by atoms with E-state index in [0.717, 1.165) is 0 Å². The van der Waals surface area contributed by atoms with Gasteiger partial charge in [-0.3, -0.25) is 9.48 Å². The van der Waals surface area contributed by atoms with E-state index in [0.29, 0.717) is 0 Å². The highest BCUT2D eigenvalue weighted by atomic mass is 35.5. The van der Waals surface area contributed by atoms with Crippen molar-refractivity contribution in [3.63, 3.8) is 0 Å². The summed E-state index contributed by atoms with van der Waals surface area (Å²) in [5.74, 6) is -0.328. The number of hydrogen-bond acceptors (Lipinski definition) is 4. The molecule has 100 valence electrons. The Morgan fingerprint density at radius 2 is 2.11 bits per heavy atom. The minimum atomic E-state index is -0.644. The lowest BCUT2D eigenvalue weighted by Gasteiger charge is -2.19. The number of carbonyl (C=O) groups is 2. The fraction of sp³-hybridized carbons (Fsp3) is 0.545. The van der Waals surface area contributed by atoms with Crippen LogP contribution in [0.1, 0.15) is 31.3 Å². The Morgan fingerprint density at radius 1 is 1.50 bits per heavy atom. The van der Waals surface area contributed by atoms with E-state index in [1.54, 1.807) is 27.8 Å². The van der Waals surface area contributed by atoms with Crippen LogP contribution in [0.4, 0.5) is 4.79 Å². The highest BCUT2D eigenvalue weighted by Crippen LogP contribution is 2.14. The molecule has 1 heterocycles. The molecule has 6 nitrogen and oxygen atoms in total. The Kier molecular flexibility index (Phi) is 4.34. The largest absolute Gasteiger partial charge is 0.444 e. The van der Waals surface area contributed by atoms with Crippen LogP contribution in [0.2, 0.25) is 5.02 Å². The third-order valence-electron chi connectivity index (χ3n) is 1.95. The van der Waals surface area contributed by atoms with Crippen molar-refractivity contribution in [3.8, 4) is 0 Å². The van der Waals surface area contributed by atoms with Crippen LogP contribution >= 0.6 is 11.6 Å². The predicted octanol–water partition coefficient (Wildman–Crippen LogP) is 1.78. The number of alkyl carbamates (subject to hydrolysis) is 1. The molecule has 1 rings (SSSR count). The van der Waals surface area contributed by atoms with E-state index >= 15 is 0 Å². The van der Waals surface area contributed by atoms with E-state index in [-0.39, 0.29) is 23.0 Å². The fourth-order valence-electron chi connectivity index (χ4n) is 1.27. The molecule has 0 radical (unpaired) electrons. The minimum absolute atomic E-state index is 0.186. The van der Waals surface area contributed by atoms with Gasteiger partial charge in [-0.1, -0.05) is 11.6 Å². The van der Waals surface area contributed by atoms with E-state index in [1.807, 2.05) is 0 Å². The first-order valence-corrected chi connectivity index (χ1v) is 5.76. The molecule has 0 aromatic carbocycles. The van der Waals surface area contributed by atoms with Crippen LogP contribution in [0, 0.1) is 0 Å². The van der Waals surface area contributed by atoms with Crippen molar-refractivity contribution in [3.05, 3.63) is 16.9 Å². The van der Waals surface area contributed by atoms with Crippen molar-refractivity contribution >= 4 is 23.5 Å². The average Bonchev–Trinajstić information content (AvgIpc) is 2.53. The highest BCUT2D eigenvalue weighted by Gasteiger charge is 2.19. The van der Waals surface area contributed by atoms with E-state index in [2.05, 4.69) is 10.4 Å². The molecule has 0 aliphatic heterocycles. The molecule has 1 N–H and O–H groups in total. The fourth-order valence-corrected chi connectivity index (χ4v) is 1.55. The zero-order valence-corrected chi connectivity index (χ0v) is 11.5. The average molecular weight is 274 g/mol. The van der Waals surface area contributed by atoms with Gasteiger partial charge < -0.3 is 10.1 Å². The summed E-state index contributed by atoms with van der Waals surface area (Å²) >= 11 is 5.81. The second-order valence-corrected chi connectivity index (χ2v) is 5.15. The SMILES string of the molecule is Cn1ncc(Cl)c1C(=O)CNC(=O)OC(C)(C)C. The summed E-state index contributed by atoms with van der Waals surface area (Å²) in [6, 6.07) is 0. The van der Waals surface area contributed by atoms with Crippen molar-refractivity contribution in [2.45, 2.75) is 26.4 Å². The molecule has 1 aromatic rings. The van der Waals surface area contributed by atoms with Crippen molar-refractivity contribution in [1.82, 2.24) is 15.1 Å². The molecule has 0 atom stereocenters. The number of halogens is 1. The molecule has 0 saturated heterocycles. The molecule has 0 spiro atoms. The van der Waals surface area contributed by atoms with Gasteiger partial charge in [-0.05, 0) is 20.8 Å². The van der Waals surface area contributed by atoms with Crippen molar-refractivity contribution < 1.29 is 14.3 Å².